The van der Waals surface area contributed by atoms with Crippen LogP contribution in [0.4, 0.5) is 0 Å². The van der Waals surface area contributed by atoms with Gasteiger partial charge in [-0.15, -0.1) is 0 Å². The monoisotopic (exact) mass is 215 g/mol. The van der Waals surface area contributed by atoms with Gasteiger partial charge in [-0.2, -0.15) is 0 Å². The maximum absolute atomic E-state index is 11.0. The number of likely N-dealkylation sites (tertiary alicyclic amines) is 1. The third-order valence-electron chi connectivity index (χ3n) is 2.41. The van der Waals surface area contributed by atoms with Crippen LogP contribution in [0.5, 0.6) is 0 Å². The van der Waals surface area contributed by atoms with Gasteiger partial charge in [-0.3, -0.25) is 14.5 Å². The molecule has 0 aromatic heterocycles. The second kappa shape index (κ2) is 6.40. The predicted molar refractivity (Wildman–Crippen MR) is 53.5 cm³/mol. The number of ether oxygens (including phenoxy) is 1. The summed E-state index contributed by atoms with van der Waals surface area (Å²) in [5.74, 6) is -1.39. The molecule has 1 aliphatic rings. The minimum absolute atomic E-state index is 0.0324. The summed E-state index contributed by atoms with van der Waals surface area (Å²) in [6.45, 7) is 3.29. The number of carbonyl (C=O) groups is 2. The van der Waals surface area contributed by atoms with Crippen LogP contribution in [0.3, 0.4) is 0 Å². The van der Waals surface area contributed by atoms with Gasteiger partial charge < -0.3 is 9.84 Å². The molecule has 0 aromatic rings. The van der Waals surface area contributed by atoms with Gasteiger partial charge in [-0.1, -0.05) is 0 Å². The molecule has 1 fully saturated rings. The molecule has 15 heavy (non-hydrogen) atoms. The molecule has 0 aromatic carbocycles. The summed E-state index contributed by atoms with van der Waals surface area (Å²) in [6, 6.07) is 0. The number of esters is 1. The SMILES string of the molecule is O=C(O)CCC(=O)OCCN1CCCC1. The van der Waals surface area contributed by atoms with Crippen LogP contribution in [0.25, 0.3) is 0 Å². The summed E-state index contributed by atoms with van der Waals surface area (Å²) in [4.78, 5) is 23.4. The third kappa shape index (κ3) is 5.37. The molecule has 0 spiro atoms. The second-order valence-corrected chi connectivity index (χ2v) is 3.66. The van der Waals surface area contributed by atoms with Gasteiger partial charge in [-0.05, 0) is 25.9 Å². The fraction of sp³-hybridized carbons (Fsp3) is 0.800. The van der Waals surface area contributed by atoms with Gasteiger partial charge in [0, 0.05) is 6.54 Å². The van der Waals surface area contributed by atoms with Crippen LogP contribution in [0.2, 0.25) is 0 Å². The van der Waals surface area contributed by atoms with Crippen LogP contribution in [-0.4, -0.2) is 48.2 Å². The average Bonchev–Trinajstić information content (AvgIpc) is 2.67. The van der Waals surface area contributed by atoms with E-state index in [2.05, 4.69) is 4.90 Å². The summed E-state index contributed by atoms with van der Waals surface area (Å²) in [5, 5.41) is 8.34. The number of hydrogen-bond donors (Lipinski definition) is 1. The maximum Gasteiger partial charge on any atom is 0.306 e. The van der Waals surface area contributed by atoms with Crippen molar-refractivity contribution in [3.05, 3.63) is 0 Å². The third-order valence-corrected chi connectivity index (χ3v) is 2.41. The molecule has 5 heteroatoms. The number of hydrogen-bond acceptors (Lipinski definition) is 4. The number of carboxylic acid groups (broad SMARTS) is 1. The van der Waals surface area contributed by atoms with E-state index in [1.807, 2.05) is 0 Å². The Hall–Kier alpha value is -1.10. The van der Waals surface area contributed by atoms with Crippen LogP contribution in [0.15, 0.2) is 0 Å². The van der Waals surface area contributed by atoms with E-state index in [1.165, 1.54) is 12.8 Å². The first-order valence-electron chi connectivity index (χ1n) is 5.28. The Bertz CT molecular complexity index is 223. The van der Waals surface area contributed by atoms with Gasteiger partial charge in [0.2, 0.25) is 0 Å². The molecular weight excluding hydrogens is 198 g/mol. The van der Waals surface area contributed by atoms with Crippen molar-refractivity contribution in [1.29, 1.82) is 0 Å². The normalized spacial score (nSPS) is 16.5. The van der Waals surface area contributed by atoms with E-state index in [0.29, 0.717) is 6.61 Å². The minimum atomic E-state index is -0.966. The summed E-state index contributed by atoms with van der Waals surface area (Å²) < 4.78 is 4.91. The summed E-state index contributed by atoms with van der Waals surface area (Å²) in [5.41, 5.74) is 0. The number of carbonyl (C=O) groups excluding carboxylic acids is 1. The zero-order chi connectivity index (χ0) is 11.1. The Kier molecular flexibility index (Phi) is 5.10. The van der Waals surface area contributed by atoms with E-state index in [-0.39, 0.29) is 12.8 Å². The van der Waals surface area contributed by atoms with Gasteiger partial charge in [0.25, 0.3) is 0 Å². The molecule has 0 saturated carbocycles. The van der Waals surface area contributed by atoms with E-state index < -0.39 is 11.9 Å². The quantitative estimate of drug-likeness (QED) is 0.653. The second-order valence-electron chi connectivity index (χ2n) is 3.66. The van der Waals surface area contributed by atoms with Crippen molar-refractivity contribution in [3.8, 4) is 0 Å². The van der Waals surface area contributed by atoms with Crippen LogP contribution in [0.1, 0.15) is 25.7 Å². The maximum atomic E-state index is 11.0. The van der Waals surface area contributed by atoms with Gasteiger partial charge in [-0.25, -0.2) is 0 Å². The Morgan fingerprint density at radius 3 is 2.47 bits per heavy atom. The first kappa shape index (κ1) is 12.0. The lowest BCUT2D eigenvalue weighted by Gasteiger charge is -2.13. The highest BCUT2D eigenvalue weighted by atomic mass is 16.5. The Morgan fingerprint density at radius 1 is 1.20 bits per heavy atom. The van der Waals surface area contributed by atoms with Crippen molar-refractivity contribution in [3.63, 3.8) is 0 Å². The van der Waals surface area contributed by atoms with Gasteiger partial charge in [0.1, 0.15) is 6.61 Å². The highest BCUT2D eigenvalue weighted by Gasteiger charge is 2.12. The van der Waals surface area contributed by atoms with Crippen molar-refractivity contribution in [1.82, 2.24) is 4.90 Å². The average molecular weight is 215 g/mol. The van der Waals surface area contributed by atoms with Crippen LogP contribution in [0, 0.1) is 0 Å². The van der Waals surface area contributed by atoms with Crippen molar-refractivity contribution in [2.45, 2.75) is 25.7 Å². The first-order valence-corrected chi connectivity index (χ1v) is 5.28. The smallest absolute Gasteiger partial charge is 0.306 e. The molecule has 0 aliphatic carbocycles. The molecule has 0 unspecified atom stereocenters. The summed E-state index contributed by atoms with van der Waals surface area (Å²) in [6.07, 6.45) is 2.25. The number of aliphatic carboxylic acids is 1. The molecule has 1 rings (SSSR count). The van der Waals surface area contributed by atoms with Gasteiger partial charge in [0.05, 0.1) is 12.8 Å². The first-order chi connectivity index (χ1) is 7.18. The van der Waals surface area contributed by atoms with Crippen LogP contribution >= 0.6 is 0 Å². The van der Waals surface area contributed by atoms with Crippen LogP contribution in [-0.2, 0) is 14.3 Å². The van der Waals surface area contributed by atoms with E-state index in [9.17, 15) is 9.59 Å². The standard InChI is InChI=1S/C10H17NO4/c12-9(13)3-4-10(14)15-8-7-11-5-1-2-6-11/h1-8H2,(H,12,13). The molecular formula is C10H17NO4. The summed E-state index contributed by atoms with van der Waals surface area (Å²) >= 11 is 0. The molecule has 0 atom stereocenters. The van der Waals surface area contributed by atoms with Crippen molar-refractivity contribution in [2.24, 2.45) is 0 Å². The highest BCUT2D eigenvalue weighted by molar-refractivity contribution is 5.76. The topological polar surface area (TPSA) is 66.8 Å². The number of carboxylic acids is 1. The summed E-state index contributed by atoms with van der Waals surface area (Å²) in [7, 11) is 0. The molecule has 0 amide bonds. The minimum Gasteiger partial charge on any atom is -0.481 e. The van der Waals surface area contributed by atoms with Gasteiger partial charge >= 0.3 is 11.9 Å². The van der Waals surface area contributed by atoms with Crippen molar-refractivity contribution >= 4 is 11.9 Å². The fourth-order valence-corrected chi connectivity index (χ4v) is 1.58. The molecule has 5 nitrogen and oxygen atoms in total. The van der Waals surface area contributed by atoms with Crippen LogP contribution < -0.4 is 0 Å². The lowest BCUT2D eigenvalue weighted by molar-refractivity contribution is -0.148. The Balaban J connectivity index is 1.98. The number of nitrogens with zero attached hydrogens (tertiary/aromatic N) is 1. The zero-order valence-corrected chi connectivity index (χ0v) is 8.78. The lowest BCUT2D eigenvalue weighted by Crippen LogP contribution is -2.25. The highest BCUT2D eigenvalue weighted by Crippen LogP contribution is 2.06. The molecule has 1 heterocycles. The van der Waals surface area contributed by atoms with E-state index in [0.717, 1.165) is 19.6 Å². The van der Waals surface area contributed by atoms with E-state index in [4.69, 9.17) is 9.84 Å². The molecule has 0 radical (unpaired) electrons. The van der Waals surface area contributed by atoms with Crippen molar-refractivity contribution in [2.75, 3.05) is 26.2 Å². The van der Waals surface area contributed by atoms with Crippen molar-refractivity contribution < 1.29 is 19.4 Å². The van der Waals surface area contributed by atoms with E-state index in [1.54, 1.807) is 0 Å². The Labute approximate surface area is 89.0 Å². The molecule has 86 valence electrons. The fourth-order valence-electron chi connectivity index (χ4n) is 1.58. The zero-order valence-electron chi connectivity index (χ0n) is 8.78. The molecule has 0 bridgehead atoms. The lowest BCUT2D eigenvalue weighted by atomic mass is 10.3. The number of rotatable bonds is 6. The molecule has 1 saturated heterocycles. The Morgan fingerprint density at radius 2 is 1.87 bits per heavy atom. The largest absolute Gasteiger partial charge is 0.481 e. The predicted octanol–water partition coefficient (Wildman–Crippen LogP) is 0.490. The molecule has 1 N–H and O–H groups in total. The molecule has 1 aliphatic heterocycles. The van der Waals surface area contributed by atoms with Gasteiger partial charge in [0.15, 0.2) is 0 Å². The van der Waals surface area contributed by atoms with E-state index >= 15 is 0 Å².